The van der Waals surface area contributed by atoms with Crippen LogP contribution in [0.5, 0.6) is 5.75 Å². The maximum atomic E-state index is 12.1. The third-order valence-corrected chi connectivity index (χ3v) is 4.22. The largest absolute Gasteiger partial charge is 0.573 e. The van der Waals surface area contributed by atoms with E-state index in [2.05, 4.69) is 24.8 Å². The van der Waals surface area contributed by atoms with Crippen molar-refractivity contribution in [2.45, 2.75) is 12.4 Å². The van der Waals surface area contributed by atoms with Gasteiger partial charge < -0.3 is 15.8 Å². The Kier molecular flexibility index (Phi) is 6.74. The van der Waals surface area contributed by atoms with Gasteiger partial charge in [-0.15, -0.1) is 37.1 Å². The van der Waals surface area contributed by atoms with Crippen LogP contribution < -0.4 is 15.8 Å². The van der Waals surface area contributed by atoms with Crippen LogP contribution in [0.25, 0.3) is 0 Å². The molecule has 0 spiro atoms. The minimum atomic E-state index is -4.69. The molecule has 3 aliphatic rings. The van der Waals surface area contributed by atoms with E-state index in [0.29, 0.717) is 18.3 Å². The van der Waals surface area contributed by atoms with E-state index in [0.717, 1.165) is 32.7 Å². The normalized spacial score (nSPS) is 26.0. The van der Waals surface area contributed by atoms with E-state index < -0.39 is 6.36 Å². The minimum absolute atomic E-state index is 0. The van der Waals surface area contributed by atoms with Crippen molar-refractivity contribution in [3.8, 4) is 5.75 Å². The van der Waals surface area contributed by atoms with Crippen LogP contribution in [0.2, 0.25) is 0 Å². The van der Waals surface area contributed by atoms with E-state index in [4.69, 9.17) is 5.73 Å². The third-order valence-electron chi connectivity index (χ3n) is 4.22. The quantitative estimate of drug-likeness (QED) is 0.399. The summed E-state index contributed by atoms with van der Waals surface area (Å²) in [6.07, 6.45) is -4.69. The fourth-order valence-corrected chi connectivity index (χ4v) is 3.03. The van der Waals surface area contributed by atoms with Gasteiger partial charge in [-0.25, -0.2) is 0 Å². The number of nitrogens with zero attached hydrogens (tertiary/aromatic N) is 3. The van der Waals surface area contributed by atoms with Gasteiger partial charge in [0.05, 0.1) is 6.54 Å². The molecule has 0 saturated carbocycles. The lowest BCUT2D eigenvalue weighted by Gasteiger charge is -2.47. The fourth-order valence-electron chi connectivity index (χ4n) is 3.03. The van der Waals surface area contributed by atoms with Crippen LogP contribution in [0.1, 0.15) is 0 Å². The molecule has 0 aliphatic carbocycles. The van der Waals surface area contributed by atoms with Crippen molar-refractivity contribution in [3.05, 3.63) is 24.3 Å². The van der Waals surface area contributed by atoms with Crippen LogP contribution in [-0.2, 0) is 0 Å². The Morgan fingerprint density at radius 1 is 1.20 bits per heavy atom. The highest BCUT2D eigenvalue weighted by atomic mass is 127. The molecule has 1 aromatic carbocycles. The minimum Gasteiger partial charge on any atom is -0.406 e. The molecule has 6 nitrogen and oxygen atoms in total. The van der Waals surface area contributed by atoms with Gasteiger partial charge in [-0.3, -0.25) is 14.8 Å². The Labute approximate surface area is 161 Å². The molecule has 1 unspecified atom stereocenters. The number of ether oxygens (including phenoxy) is 1. The van der Waals surface area contributed by atoms with Crippen LogP contribution in [0.4, 0.5) is 18.9 Å². The molecule has 3 fully saturated rings. The van der Waals surface area contributed by atoms with Crippen molar-refractivity contribution in [2.24, 2.45) is 10.7 Å². The second kappa shape index (κ2) is 8.41. The smallest absolute Gasteiger partial charge is 0.406 e. The standard InChI is InChI=1S/C15H20F3N5O.HI/c16-15(17,18)24-13-3-1-11(2-4-13)21-14(19)20-9-12-10-22-5-7-23(12)8-6-22;/h1-4,12H,5-10H2,(H3,19,20,21);1H. The number of benzene rings is 1. The highest BCUT2D eigenvalue weighted by Crippen LogP contribution is 2.23. The summed E-state index contributed by atoms with van der Waals surface area (Å²) in [5.41, 5.74) is 6.41. The molecule has 3 aliphatic heterocycles. The summed E-state index contributed by atoms with van der Waals surface area (Å²) in [5.74, 6) is -0.0271. The summed E-state index contributed by atoms with van der Waals surface area (Å²) in [5, 5.41) is 2.87. The summed E-state index contributed by atoms with van der Waals surface area (Å²) in [4.78, 5) is 9.18. The summed E-state index contributed by atoms with van der Waals surface area (Å²) >= 11 is 0. The van der Waals surface area contributed by atoms with E-state index in [1.807, 2.05) is 0 Å². The van der Waals surface area contributed by atoms with Crippen molar-refractivity contribution in [2.75, 3.05) is 44.6 Å². The molecule has 1 aromatic rings. The summed E-state index contributed by atoms with van der Waals surface area (Å²) in [6, 6.07) is 5.74. The van der Waals surface area contributed by atoms with Gasteiger partial charge in [-0.1, -0.05) is 0 Å². The van der Waals surface area contributed by atoms with Crippen LogP contribution in [0, 0.1) is 0 Å². The number of hydrogen-bond donors (Lipinski definition) is 2. The molecule has 25 heavy (non-hydrogen) atoms. The van der Waals surface area contributed by atoms with Crippen molar-refractivity contribution in [3.63, 3.8) is 0 Å². The lowest BCUT2D eigenvalue weighted by Crippen LogP contribution is -2.61. The van der Waals surface area contributed by atoms with Gasteiger partial charge in [-0.2, -0.15) is 0 Å². The first-order valence-electron chi connectivity index (χ1n) is 7.78. The average molecular weight is 471 g/mol. The number of guanidine groups is 1. The van der Waals surface area contributed by atoms with Crippen LogP contribution in [-0.4, -0.2) is 67.4 Å². The number of alkyl halides is 3. The molecular formula is C15H21F3IN5O. The highest BCUT2D eigenvalue weighted by Gasteiger charge is 2.32. The maximum Gasteiger partial charge on any atom is 0.573 e. The zero-order valence-corrected chi connectivity index (χ0v) is 15.8. The van der Waals surface area contributed by atoms with Crippen LogP contribution >= 0.6 is 24.0 Å². The molecule has 4 rings (SSSR count). The zero-order valence-electron chi connectivity index (χ0n) is 13.5. The number of fused-ring (bicyclic) bond motifs is 3. The van der Waals surface area contributed by atoms with Crippen molar-refractivity contribution in [1.82, 2.24) is 9.80 Å². The first-order valence-corrected chi connectivity index (χ1v) is 7.78. The van der Waals surface area contributed by atoms with Gasteiger partial charge in [0.25, 0.3) is 0 Å². The van der Waals surface area contributed by atoms with Crippen LogP contribution in [0.3, 0.4) is 0 Å². The number of halogens is 4. The SMILES string of the molecule is I.NC(=NCC1CN2CCN1CC2)Nc1ccc(OC(F)(F)F)cc1. The molecule has 3 heterocycles. The average Bonchev–Trinajstić information content (AvgIpc) is 2.55. The number of hydrogen-bond acceptors (Lipinski definition) is 4. The van der Waals surface area contributed by atoms with E-state index in [1.54, 1.807) is 0 Å². The number of piperazine rings is 3. The van der Waals surface area contributed by atoms with Gasteiger partial charge in [0, 0.05) is 44.5 Å². The molecule has 0 aromatic heterocycles. The number of nitrogens with two attached hydrogens (primary N) is 1. The van der Waals surface area contributed by atoms with Gasteiger partial charge in [0.15, 0.2) is 5.96 Å². The molecule has 3 N–H and O–H groups in total. The van der Waals surface area contributed by atoms with Gasteiger partial charge in [0.2, 0.25) is 0 Å². The van der Waals surface area contributed by atoms with Crippen molar-refractivity contribution < 1.29 is 17.9 Å². The second-order valence-electron chi connectivity index (χ2n) is 5.91. The maximum absolute atomic E-state index is 12.1. The van der Waals surface area contributed by atoms with Crippen LogP contribution in [0.15, 0.2) is 29.3 Å². The Balaban J connectivity index is 0.00000225. The number of aliphatic imine (C=N–C) groups is 1. The van der Waals surface area contributed by atoms with Crippen molar-refractivity contribution in [1.29, 1.82) is 0 Å². The lowest BCUT2D eigenvalue weighted by atomic mass is 10.1. The monoisotopic (exact) mass is 471 g/mol. The molecule has 140 valence electrons. The Bertz CT molecular complexity index is 588. The summed E-state index contributed by atoms with van der Waals surface area (Å²) in [7, 11) is 0. The predicted molar refractivity (Wildman–Crippen MR) is 100 cm³/mol. The Morgan fingerprint density at radius 3 is 2.36 bits per heavy atom. The molecule has 1 atom stereocenters. The van der Waals surface area contributed by atoms with Crippen molar-refractivity contribution >= 4 is 35.6 Å². The zero-order chi connectivity index (χ0) is 17.2. The number of nitrogens with one attached hydrogen (secondary N) is 1. The first kappa shape index (κ1) is 20.0. The molecule has 3 saturated heterocycles. The number of anilines is 1. The van der Waals surface area contributed by atoms with E-state index in [9.17, 15) is 13.2 Å². The molecule has 10 heteroatoms. The second-order valence-corrected chi connectivity index (χ2v) is 5.91. The Hall–Kier alpha value is -1.27. The first-order chi connectivity index (χ1) is 11.4. The number of rotatable bonds is 4. The molecule has 0 radical (unpaired) electrons. The van der Waals surface area contributed by atoms with E-state index in [-0.39, 0.29) is 35.7 Å². The molecule has 0 amide bonds. The summed E-state index contributed by atoms with van der Waals surface area (Å²) in [6.45, 7) is 5.95. The van der Waals surface area contributed by atoms with Gasteiger partial charge in [0.1, 0.15) is 5.75 Å². The Morgan fingerprint density at radius 2 is 1.84 bits per heavy atom. The fraction of sp³-hybridized carbons (Fsp3) is 0.533. The highest BCUT2D eigenvalue weighted by molar-refractivity contribution is 14.0. The third kappa shape index (κ3) is 5.89. The van der Waals surface area contributed by atoms with E-state index >= 15 is 0 Å². The topological polar surface area (TPSA) is 66.1 Å². The van der Waals surface area contributed by atoms with Gasteiger partial charge >= 0.3 is 6.36 Å². The molecular weight excluding hydrogens is 450 g/mol. The predicted octanol–water partition coefficient (Wildman–Crippen LogP) is 1.93. The lowest BCUT2D eigenvalue weighted by molar-refractivity contribution is -0.274. The van der Waals surface area contributed by atoms with Gasteiger partial charge in [-0.05, 0) is 24.3 Å². The molecule has 2 bridgehead atoms. The summed E-state index contributed by atoms with van der Waals surface area (Å²) < 4.78 is 40.1. The van der Waals surface area contributed by atoms with E-state index in [1.165, 1.54) is 24.3 Å².